The number of fused-ring (bicyclic) bond motifs is 5. The third kappa shape index (κ3) is 1.97. The number of nitrogens with one attached hydrogen (secondary N) is 1. The highest BCUT2D eigenvalue weighted by molar-refractivity contribution is 9.10. The number of rotatable bonds is 3. The Morgan fingerprint density at radius 2 is 2.00 bits per heavy atom. The first-order valence-corrected chi connectivity index (χ1v) is 8.65. The Kier molecular flexibility index (Phi) is 3.21. The minimum atomic E-state index is 0.669. The van der Waals surface area contributed by atoms with Gasteiger partial charge in [-0.3, -0.25) is 0 Å². The molecule has 2 bridgehead atoms. The van der Waals surface area contributed by atoms with Crippen LogP contribution < -0.4 is 10.1 Å². The van der Waals surface area contributed by atoms with Gasteiger partial charge < -0.3 is 10.1 Å². The van der Waals surface area contributed by atoms with E-state index in [4.69, 9.17) is 4.74 Å². The Morgan fingerprint density at radius 1 is 1.15 bits per heavy atom. The van der Waals surface area contributed by atoms with Crippen LogP contribution in [0.5, 0.6) is 5.75 Å². The molecule has 1 N–H and O–H groups in total. The molecule has 5 unspecified atom stereocenters. The molecular weight excluding hydrogens is 314 g/mol. The molecule has 1 aromatic rings. The van der Waals surface area contributed by atoms with E-state index >= 15 is 0 Å². The number of hydrogen-bond acceptors (Lipinski definition) is 2. The van der Waals surface area contributed by atoms with Crippen LogP contribution in [0.4, 0.5) is 5.69 Å². The molecule has 0 aliphatic heterocycles. The van der Waals surface area contributed by atoms with E-state index in [1.165, 1.54) is 37.8 Å². The Morgan fingerprint density at radius 3 is 2.85 bits per heavy atom. The maximum atomic E-state index is 5.34. The van der Waals surface area contributed by atoms with Crippen molar-refractivity contribution in [2.24, 2.45) is 23.7 Å². The average Bonchev–Trinajstić information content (AvgIpc) is 3.12. The van der Waals surface area contributed by atoms with Gasteiger partial charge in [0.2, 0.25) is 0 Å². The van der Waals surface area contributed by atoms with E-state index in [-0.39, 0.29) is 0 Å². The molecule has 0 heterocycles. The summed E-state index contributed by atoms with van der Waals surface area (Å²) < 4.78 is 6.49. The van der Waals surface area contributed by atoms with Crippen LogP contribution in [0.3, 0.4) is 0 Å². The number of halogens is 1. The minimum absolute atomic E-state index is 0.669. The molecule has 0 radical (unpaired) electrons. The van der Waals surface area contributed by atoms with Gasteiger partial charge in [0, 0.05) is 16.6 Å². The molecule has 0 amide bonds. The Bertz CT molecular complexity index is 518. The monoisotopic (exact) mass is 335 g/mol. The Hall–Kier alpha value is -0.700. The lowest BCUT2D eigenvalue weighted by Crippen LogP contribution is -2.33. The van der Waals surface area contributed by atoms with E-state index in [1.54, 1.807) is 7.11 Å². The van der Waals surface area contributed by atoms with Crippen molar-refractivity contribution in [1.82, 2.24) is 0 Å². The molecule has 3 heteroatoms. The van der Waals surface area contributed by atoms with Crippen LogP contribution in [0.25, 0.3) is 0 Å². The normalized spacial score (nSPS) is 38.0. The van der Waals surface area contributed by atoms with Gasteiger partial charge in [0.1, 0.15) is 5.75 Å². The predicted octanol–water partition coefficient (Wildman–Crippen LogP) is 4.69. The van der Waals surface area contributed by atoms with E-state index in [2.05, 4.69) is 33.4 Å². The maximum Gasteiger partial charge on any atom is 0.121 e. The molecule has 5 atom stereocenters. The van der Waals surface area contributed by atoms with Gasteiger partial charge in [0.05, 0.1) is 12.8 Å². The molecule has 1 aromatic carbocycles. The fourth-order valence-electron chi connectivity index (χ4n) is 5.18. The number of anilines is 1. The Labute approximate surface area is 129 Å². The summed E-state index contributed by atoms with van der Waals surface area (Å²) in [5.41, 5.74) is 1.19. The Balaban J connectivity index is 1.53. The van der Waals surface area contributed by atoms with E-state index in [9.17, 15) is 0 Å². The minimum Gasteiger partial charge on any atom is -0.497 e. The second-order valence-electron chi connectivity index (χ2n) is 6.75. The van der Waals surface area contributed by atoms with Gasteiger partial charge in [0.15, 0.2) is 0 Å². The van der Waals surface area contributed by atoms with Gasteiger partial charge in [-0.2, -0.15) is 0 Å². The van der Waals surface area contributed by atoms with E-state index in [1.807, 2.05) is 6.07 Å². The van der Waals surface area contributed by atoms with Crippen LogP contribution in [0, 0.1) is 23.7 Å². The first-order chi connectivity index (χ1) is 9.76. The van der Waals surface area contributed by atoms with E-state index < -0.39 is 0 Å². The van der Waals surface area contributed by atoms with Crippen LogP contribution in [-0.4, -0.2) is 13.2 Å². The van der Waals surface area contributed by atoms with Crippen molar-refractivity contribution >= 4 is 21.6 Å². The van der Waals surface area contributed by atoms with Crippen LogP contribution in [0.2, 0.25) is 0 Å². The second-order valence-corrected chi connectivity index (χ2v) is 7.60. The molecule has 4 rings (SSSR count). The third-order valence-corrected chi connectivity index (χ3v) is 6.63. The van der Waals surface area contributed by atoms with E-state index in [0.717, 1.165) is 33.9 Å². The highest BCUT2D eigenvalue weighted by Gasteiger charge is 2.53. The van der Waals surface area contributed by atoms with Crippen molar-refractivity contribution < 1.29 is 4.74 Å². The van der Waals surface area contributed by atoms with Crippen molar-refractivity contribution in [3.05, 3.63) is 22.7 Å². The lowest BCUT2D eigenvalue weighted by atomic mass is 9.79. The molecule has 0 aromatic heterocycles. The zero-order valence-electron chi connectivity index (χ0n) is 11.9. The van der Waals surface area contributed by atoms with Gasteiger partial charge in [0.25, 0.3) is 0 Å². The molecule has 0 spiro atoms. The number of ether oxygens (including phenoxy) is 1. The molecular formula is C17H22BrNO. The summed E-state index contributed by atoms with van der Waals surface area (Å²) in [6.45, 7) is 0. The smallest absolute Gasteiger partial charge is 0.121 e. The third-order valence-electron chi connectivity index (χ3n) is 5.94. The summed E-state index contributed by atoms with van der Waals surface area (Å²) in [6.07, 6.45) is 7.28. The molecule has 108 valence electrons. The first-order valence-electron chi connectivity index (χ1n) is 7.86. The molecule has 3 saturated carbocycles. The van der Waals surface area contributed by atoms with Crippen LogP contribution >= 0.6 is 15.9 Å². The fourth-order valence-corrected chi connectivity index (χ4v) is 5.54. The molecule has 3 fully saturated rings. The quantitative estimate of drug-likeness (QED) is 0.864. The zero-order chi connectivity index (χ0) is 13.7. The predicted molar refractivity (Wildman–Crippen MR) is 85.1 cm³/mol. The maximum absolute atomic E-state index is 5.34. The van der Waals surface area contributed by atoms with Gasteiger partial charge in [-0.05, 0) is 77.4 Å². The van der Waals surface area contributed by atoms with Gasteiger partial charge in [-0.15, -0.1) is 0 Å². The highest BCUT2D eigenvalue weighted by atomic mass is 79.9. The van der Waals surface area contributed by atoms with Crippen molar-refractivity contribution in [1.29, 1.82) is 0 Å². The summed E-state index contributed by atoms with van der Waals surface area (Å²) in [6, 6.07) is 6.86. The summed E-state index contributed by atoms with van der Waals surface area (Å²) in [7, 11) is 1.73. The largest absolute Gasteiger partial charge is 0.497 e. The van der Waals surface area contributed by atoms with Crippen LogP contribution in [0.15, 0.2) is 22.7 Å². The SMILES string of the molecule is COc1ccc(Br)c(NC2CC3CC2C2CCCC32)c1. The number of methoxy groups -OCH3 is 1. The molecule has 2 nitrogen and oxygen atoms in total. The van der Waals surface area contributed by atoms with Gasteiger partial charge >= 0.3 is 0 Å². The topological polar surface area (TPSA) is 21.3 Å². The van der Waals surface area contributed by atoms with Crippen molar-refractivity contribution in [3.63, 3.8) is 0 Å². The number of hydrogen-bond donors (Lipinski definition) is 1. The van der Waals surface area contributed by atoms with Crippen molar-refractivity contribution in [2.45, 2.75) is 38.1 Å². The first kappa shape index (κ1) is 13.0. The van der Waals surface area contributed by atoms with Gasteiger partial charge in [-0.1, -0.05) is 6.42 Å². The summed E-state index contributed by atoms with van der Waals surface area (Å²) >= 11 is 3.66. The van der Waals surface area contributed by atoms with Crippen molar-refractivity contribution in [3.8, 4) is 5.75 Å². The lowest BCUT2D eigenvalue weighted by Gasteiger charge is -2.33. The van der Waals surface area contributed by atoms with Gasteiger partial charge in [-0.25, -0.2) is 0 Å². The highest BCUT2D eigenvalue weighted by Crippen LogP contribution is 2.59. The summed E-state index contributed by atoms with van der Waals surface area (Å²) in [5, 5.41) is 3.80. The lowest BCUT2D eigenvalue weighted by molar-refractivity contribution is 0.243. The average molecular weight is 336 g/mol. The zero-order valence-corrected chi connectivity index (χ0v) is 13.5. The summed E-state index contributed by atoms with van der Waals surface area (Å²) in [5.74, 6) is 4.90. The van der Waals surface area contributed by atoms with Crippen molar-refractivity contribution in [2.75, 3.05) is 12.4 Å². The molecule has 3 aliphatic rings. The standard InChI is InChI=1S/C17H22BrNO/c1-20-11-5-6-15(18)17(9-11)19-16-8-10-7-14(16)13-4-2-3-12(10)13/h5-6,9-10,12-14,16,19H,2-4,7-8H2,1H3. The van der Waals surface area contributed by atoms with Crippen LogP contribution in [0.1, 0.15) is 32.1 Å². The molecule has 20 heavy (non-hydrogen) atoms. The summed E-state index contributed by atoms with van der Waals surface area (Å²) in [4.78, 5) is 0. The van der Waals surface area contributed by atoms with Crippen LogP contribution in [-0.2, 0) is 0 Å². The number of benzene rings is 1. The molecule has 0 saturated heterocycles. The second kappa shape index (κ2) is 4.94. The van der Waals surface area contributed by atoms with E-state index in [0.29, 0.717) is 6.04 Å². The fraction of sp³-hybridized carbons (Fsp3) is 0.647. The molecule has 3 aliphatic carbocycles.